The standard InChI is InChI=1S/C18H21N5OS/c1-13-16(14(2)23-18(22-13)20-12-21-23)10-17(24)19-8-9-25-11-15-6-4-3-5-7-15/h3-7,12H,8-11H2,1-2H3,(H,19,24). The van der Waals surface area contributed by atoms with Gasteiger partial charge in [-0.05, 0) is 19.4 Å². The lowest BCUT2D eigenvalue weighted by Gasteiger charge is -2.10. The molecule has 1 N–H and O–H groups in total. The van der Waals surface area contributed by atoms with Crippen molar-refractivity contribution >= 4 is 23.4 Å². The third-order valence-corrected chi connectivity index (χ3v) is 5.04. The molecule has 0 aliphatic rings. The van der Waals surface area contributed by atoms with Crippen LogP contribution in [-0.2, 0) is 17.0 Å². The summed E-state index contributed by atoms with van der Waals surface area (Å²) in [6.07, 6.45) is 1.78. The van der Waals surface area contributed by atoms with Gasteiger partial charge in [-0.3, -0.25) is 4.79 Å². The lowest BCUT2D eigenvalue weighted by molar-refractivity contribution is -0.120. The predicted molar refractivity (Wildman–Crippen MR) is 99.6 cm³/mol. The van der Waals surface area contributed by atoms with Crippen LogP contribution in [0.4, 0.5) is 0 Å². The van der Waals surface area contributed by atoms with E-state index in [0.29, 0.717) is 18.7 Å². The van der Waals surface area contributed by atoms with E-state index in [2.05, 4.69) is 32.5 Å². The van der Waals surface area contributed by atoms with Crippen molar-refractivity contribution in [1.82, 2.24) is 24.9 Å². The third-order valence-electron chi connectivity index (χ3n) is 4.01. The van der Waals surface area contributed by atoms with E-state index >= 15 is 0 Å². The van der Waals surface area contributed by atoms with Gasteiger partial charge in [0.25, 0.3) is 5.78 Å². The van der Waals surface area contributed by atoms with Crippen molar-refractivity contribution in [3.05, 3.63) is 59.2 Å². The molecular formula is C18H21N5OS. The Kier molecular flexibility index (Phi) is 5.65. The number of amides is 1. The fourth-order valence-corrected chi connectivity index (χ4v) is 3.48. The third kappa shape index (κ3) is 4.36. The number of thioether (sulfide) groups is 1. The highest BCUT2D eigenvalue weighted by Gasteiger charge is 2.14. The topological polar surface area (TPSA) is 72.2 Å². The zero-order chi connectivity index (χ0) is 17.6. The van der Waals surface area contributed by atoms with Gasteiger partial charge < -0.3 is 5.32 Å². The summed E-state index contributed by atoms with van der Waals surface area (Å²) < 4.78 is 1.67. The Balaban J connectivity index is 1.48. The molecule has 0 fully saturated rings. The number of nitrogens with zero attached hydrogens (tertiary/aromatic N) is 4. The number of hydrogen-bond acceptors (Lipinski definition) is 5. The summed E-state index contributed by atoms with van der Waals surface area (Å²) in [6, 6.07) is 10.3. The normalized spacial score (nSPS) is 11.0. The smallest absolute Gasteiger partial charge is 0.252 e. The fraction of sp³-hybridized carbons (Fsp3) is 0.333. The lowest BCUT2D eigenvalue weighted by atomic mass is 10.1. The first-order valence-corrected chi connectivity index (χ1v) is 9.35. The average molecular weight is 355 g/mol. The number of aryl methyl sites for hydroxylation is 2. The van der Waals surface area contributed by atoms with Crippen LogP contribution in [0.2, 0.25) is 0 Å². The van der Waals surface area contributed by atoms with E-state index in [-0.39, 0.29) is 5.91 Å². The van der Waals surface area contributed by atoms with E-state index in [1.165, 1.54) is 11.9 Å². The molecule has 1 aromatic carbocycles. The van der Waals surface area contributed by atoms with Gasteiger partial charge in [-0.2, -0.15) is 21.8 Å². The van der Waals surface area contributed by atoms with E-state index in [9.17, 15) is 4.79 Å². The van der Waals surface area contributed by atoms with Gasteiger partial charge >= 0.3 is 0 Å². The van der Waals surface area contributed by atoms with E-state index in [4.69, 9.17) is 0 Å². The minimum Gasteiger partial charge on any atom is -0.355 e. The van der Waals surface area contributed by atoms with Crippen LogP contribution in [0.3, 0.4) is 0 Å². The van der Waals surface area contributed by atoms with Gasteiger partial charge in [0.1, 0.15) is 6.33 Å². The molecule has 0 aliphatic carbocycles. The monoisotopic (exact) mass is 355 g/mol. The number of aromatic nitrogens is 4. The number of rotatable bonds is 7. The molecule has 3 rings (SSSR count). The van der Waals surface area contributed by atoms with Gasteiger partial charge in [0.15, 0.2) is 0 Å². The van der Waals surface area contributed by atoms with Gasteiger partial charge in [0.05, 0.1) is 6.42 Å². The van der Waals surface area contributed by atoms with Crippen LogP contribution >= 0.6 is 11.8 Å². The van der Waals surface area contributed by atoms with Crippen molar-refractivity contribution in [1.29, 1.82) is 0 Å². The van der Waals surface area contributed by atoms with Crippen LogP contribution in [0.5, 0.6) is 0 Å². The molecule has 1 amide bonds. The van der Waals surface area contributed by atoms with Crippen LogP contribution in [0.25, 0.3) is 5.78 Å². The second-order valence-corrected chi connectivity index (χ2v) is 6.90. The first-order chi connectivity index (χ1) is 12.1. The van der Waals surface area contributed by atoms with Crippen molar-refractivity contribution in [2.75, 3.05) is 12.3 Å². The number of carbonyl (C=O) groups is 1. The van der Waals surface area contributed by atoms with Crippen LogP contribution in [0, 0.1) is 13.8 Å². The van der Waals surface area contributed by atoms with E-state index in [1.807, 2.05) is 43.8 Å². The van der Waals surface area contributed by atoms with Crippen LogP contribution in [0.1, 0.15) is 22.5 Å². The quantitative estimate of drug-likeness (QED) is 0.659. The predicted octanol–water partition coefficient (Wildman–Crippen LogP) is 2.33. The second-order valence-electron chi connectivity index (χ2n) is 5.80. The van der Waals surface area contributed by atoms with Crippen molar-refractivity contribution in [3.63, 3.8) is 0 Å². The second kappa shape index (κ2) is 8.11. The molecule has 0 aliphatic heterocycles. The molecule has 0 saturated heterocycles. The zero-order valence-electron chi connectivity index (χ0n) is 14.4. The van der Waals surface area contributed by atoms with Crippen LogP contribution in [-0.4, -0.2) is 37.8 Å². The summed E-state index contributed by atoms with van der Waals surface area (Å²) in [5.74, 6) is 2.42. The van der Waals surface area contributed by atoms with Crippen molar-refractivity contribution in [2.24, 2.45) is 0 Å². The largest absolute Gasteiger partial charge is 0.355 e. The summed E-state index contributed by atoms with van der Waals surface area (Å²) in [6.45, 7) is 4.50. The molecule has 6 nitrogen and oxygen atoms in total. The summed E-state index contributed by atoms with van der Waals surface area (Å²) in [4.78, 5) is 20.7. The van der Waals surface area contributed by atoms with E-state index in [1.54, 1.807) is 4.52 Å². The van der Waals surface area contributed by atoms with Crippen LogP contribution < -0.4 is 5.32 Å². The Bertz CT molecular complexity index is 863. The highest BCUT2D eigenvalue weighted by Crippen LogP contribution is 2.14. The maximum absolute atomic E-state index is 12.2. The molecule has 0 unspecified atom stereocenters. The van der Waals surface area contributed by atoms with Crippen LogP contribution in [0.15, 0.2) is 36.7 Å². The Morgan fingerprint density at radius 3 is 2.84 bits per heavy atom. The molecule has 0 bridgehead atoms. The molecule has 2 heterocycles. The van der Waals surface area contributed by atoms with Crippen molar-refractivity contribution in [2.45, 2.75) is 26.0 Å². The first kappa shape index (κ1) is 17.4. The molecule has 0 atom stereocenters. The Morgan fingerprint density at radius 1 is 1.24 bits per heavy atom. The molecular weight excluding hydrogens is 334 g/mol. The number of carbonyl (C=O) groups excluding carboxylic acids is 1. The zero-order valence-corrected chi connectivity index (χ0v) is 15.2. The molecule has 7 heteroatoms. The summed E-state index contributed by atoms with van der Waals surface area (Å²) in [5.41, 5.74) is 3.95. The van der Waals surface area contributed by atoms with E-state index in [0.717, 1.165) is 28.5 Å². The minimum absolute atomic E-state index is 0.00720. The highest BCUT2D eigenvalue weighted by atomic mass is 32.2. The molecule has 0 radical (unpaired) electrons. The summed E-state index contributed by atoms with van der Waals surface area (Å²) >= 11 is 1.81. The van der Waals surface area contributed by atoms with Gasteiger partial charge in [-0.15, -0.1) is 0 Å². The number of fused-ring (bicyclic) bond motifs is 1. The molecule has 0 spiro atoms. The highest BCUT2D eigenvalue weighted by molar-refractivity contribution is 7.98. The first-order valence-electron chi connectivity index (χ1n) is 8.19. The summed E-state index contributed by atoms with van der Waals surface area (Å²) in [7, 11) is 0. The Morgan fingerprint density at radius 2 is 2.04 bits per heavy atom. The lowest BCUT2D eigenvalue weighted by Crippen LogP contribution is -2.28. The minimum atomic E-state index is 0.00720. The maximum atomic E-state index is 12.2. The number of hydrogen-bond donors (Lipinski definition) is 1. The Hall–Kier alpha value is -2.41. The SMILES string of the molecule is Cc1nc2ncnn2c(C)c1CC(=O)NCCSCc1ccccc1. The molecule has 3 aromatic rings. The number of nitrogens with one attached hydrogen (secondary N) is 1. The fourth-order valence-electron chi connectivity index (χ4n) is 2.66. The molecule has 25 heavy (non-hydrogen) atoms. The van der Waals surface area contributed by atoms with Crippen molar-refractivity contribution < 1.29 is 4.79 Å². The van der Waals surface area contributed by atoms with E-state index < -0.39 is 0 Å². The van der Waals surface area contributed by atoms with Gasteiger partial charge in [-0.1, -0.05) is 30.3 Å². The Labute approximate surface area is 151 Å². The number of benzene rings is 1. The van der Waals surface area contributed by atoms with Crippen molar-refractivity contribution in [3.8, 4) is 0 Å². The molecule has 130 valence electrons. The maximum Gasteiger partial charge on any atom is 0.252 e. The average Bonchev–Trinajstić information content (AvgIpc) is 3.07. The summed E-state index contributed by atoms with van der Waals surface area (Å²) in [5, 5.41) is 7.13. The van der Waals surface area contributed by atoms with Gasteiger partial charge in [0, 0.05) is 35.0 Å². The van der Waals surface area contributed by atoms with Gasteiger partial charge in [0.2, 0.25) is 5.91 Å². The molecule has 0 saturated carbocycles. The molecule has 2 aromatic heterocycles. The van der Waals surface area contributed by atoms with Gasteiger partial charge in [-0.25, -0.2) is 9.50 Å².